The number of amides is 1. The number of piperidine rings is 1. The van der Waals surface area contributed by atoms with E-state index >= 15 is 0 Å². The Hall–Kier alpha value is -1.22. The van der Waals surface area contributed by atoms with Crippen LogP contribution in [0.25, 0.3) is 0 Å². The molecule has 0 aliphatic carbocycles. The summed E-state index contributed by atoms with van der Waals surface area (Å²) in [6.07, 6.45) is 5.12. The summed E-state index contributed by atoms with van der Waals surface area (Å²) >= 11 is 1.49. The van der Waals surface area contributed by atoms with Crippen LogP contribution >= 0.6 is 11.8 Å². The number of carbonyl (C=O) groups excluding carboxylic acids is 1. The molecule has 1 amide bonds. The fraction of sp³-hybridized carbons (Fsp3) is 0.762. The molecule has 3 heterocycles. The van der Waals surface area contributed by atoms with Crippen molar-refractivity contribution in [3.05, 3.63) is 23.8 Å². The average Bonchev–Trinajstić information content (AvgIpc) is 2.68. The van der Waals surface area contributed by atoms with Crippen LogP contribution in [0.5, 0.6) is 0 Å². The molecule has 0 bridgehead atoms. The molecular weight excluding hydrogens is 388 g/mol. The minimum atomic E-state index is -0.719. The lowest BCUT2D eigenvalue weighted by atomic mass is 9.73. The number of nitrogens with one attached hydrogen (secondary N) is 1. The van der Waals surface area contributed by atoms with Gasteiger partial charge in [-0.3, -0.25) is 9.69 Å². The maximum atomic E-state index is 12.2. The highest BCUT2D eigenvalue weighted by Gasteiger charge is 2.53. The molecule has 2 aliphatic rings. The third kappa shape index (κ3) is 5.10. The standard InChI is InChI=1S/C21H34N4O3S/c1-15(2)18-22-9-5-16(23-18)13-25-10-6-21(7-11-25)19(27)20(3,8-12-28-21)24-17(26)14-29-4/h5,9,15,19,27H,6-8,10-14H2,1-4H3,(H,24,26)/t19-,20+/m0/s1. The average molecular weight is 423 g/mol. The number of nitrogens with zero attached hydrogens (tertiary/aromatic N) is 3. The third-order valence-corrected chi connectivity index (χ3v) is 6.70. The molecule has 2 saturated heterocycles. The second-order valence-electron chi connectivity index (χ2n) is 8.80. The monoisotopic (exact) mass is 422 g/mol. The number of aromatic nitrogens is 2. The normalized spacial score (nSPS) is 27.3. The lowest BCUT2D eigenvalue weighted by Gasteiger charge is -2.53. The molecule has 2 N–H and O–H groups in total. The van der Waals surface area contributed by atoms with Gasteiger partial charge >= 0.3 is 0 Å². The van der Waals surface area contributed by atoms with E-state index in [-0.39, 0.29) is 5.91 Å². The van der Waals surface area contributed by atoms with E-state index in [1.807, 2.05) is 25.4 Å². The molecule has 2 atom stereocenters. The molecule has 2 aliphatic heterocycles. The highest BCUT2D eigenvalue weighted by Crippen LogP contribution is 2.40. The number of carbonyl (C=O) groups is 1. The van der Waals surface area contributed by atoms with Crippen molar-refractivity contribution >= 4 is 17.7 Å². The van der Waals surface area contributed by atoms with Crippen LogP contribution in [0.15, 0.2) is 12.3 Å². The molecule has 0 saturated carbocycles. The number of aliphatic hydroxyl groups excluding tert-OH is 1. The predicted molar refractivity (Wildman–Crippen MR) is 115 cm³/mol. The van der Waals surface area contributed by atoms with Crippen molar-refractivity contribution in [2.75, 3.05) is 31.7 Å². The number of thioether (sulfide) groups is 1. The highest BCUT2D eigenvalue weighted by atomic mass is 32.2. The van der Waals surface area contributed by atoms with Crippen LogP contribution in [0.2, 0.25) is 0 Å². The van der Waals surface area contributed by atoms with Crippen molar-refractivity contribution in [1.82, 2.24) is 20.2 Å². The molecule has 0 unspecified atom stereocenters. The molecule has 1 aromatic rings. The van der Waals surface area contributed by atoms with E-state index in [0.29, 0.717) is 24.7 Å². The first-order chi connectivity index (χ1) is 13.8. The fourth-order valence-electron chi connectivity index (χ4n) is 4.39. The SMILES string of the molecule is CSCC(=O)N[C@]1(C)CCOC2(CCN(Cc3ccnc(C(C)C)n3)CC2)[C@H]1O. The summed E-state index contributed by atoms with van der Waals surface area (Å²) in [7, 11) is 0. The van der Waals surface area contributed by atoms with Gasteiger partial charge in [-0.2, -0.15) is 11.8 Å². The topological polar surface area (TPSA) is 87.6 Å². The van der Waals surface area contributed by atoms with Crippen molar-refractivity contribution in [1.29, 1.82) is 0 Å². The summed E-state index contributed by atoms with van der Waals surface area (Å²) in [6.45, 7) is 9.12. The molecule has 1 spiro atoms. The van der Waals surface area contributed by atoms with E-state index in [1.165, 1.54) is 11.8 Å². The smallest absolute Gasteiger partial charge is 0.230 e. The molecule has 8 heteroatoms. The third-order valence-electron chi connectivity index (χ3n) is 6.15. The molecule has 7 nitrogen and oxygen atoms in total. The fourth-order valence-corrected chi connectivity index (χ4v) is 4.73. The van der Waals surface area contributed by atoms with Gasteiger partial charge in [0.25, 0.3) is 0 Å². The van der Waals surface area contributed by atoms with E-state index < -0.39 is 17.2 Å². The van der Waals surface area contributed by atoms with Gasteiger partial charge in [0.05, 0.1) is 22.6 Å². The minimum Gasteiger partial charge on any atom is -0.388 e. The van der Waals surface area contributed by atoms with Gasteiger partial charge < -0.3 is 15.2 Å². The Morgan fingerprint density at radius 2 is 2.14 bits per heavy atom. The Morgan fingerprint density at radius 3 is 2.79 bits per heavy atom. The van der Waals surface area contributed by atoms with Gasteiger partial charge in [0, 0.05) is 38.4 Å². The first-order valence-electron chi connectivity index (χ1n) is 10.4. The number of likely N-dealkylation sites (tertiary alicyclic amines) is 1. The van der Waals surface area contributed by atoms with Gasteiger partial charge in [-0.25, -0.2) is 9.97 Å². The Bertz CT molecular complexity index is 709. The molecule has 0 aromatic carbocycles. The molecule has 0 radical (unpaired) electrons. The number of ether oxygens (including phenoxy) is 1. The zero-order chi connectivity index (χ0) is 21.1. The number of hydrogen-bond acceptors (Lipinski definition) is 7. The van der Waals surface area contributed by atoms with E-state index in [0.717, 1.165) is 44.0 Å². The summed E-state index contributed by atoms with van der Waals surface area (Å²) in [5.41, 5.74) is -0.212. The van der Waals surface area contributed by atoms with Crippen molar-refractivity contribution < 1.29 is 14.6 Å². The van der Waals surface area contributed by atoms with Crippen LogP contribution < -0.4 is 5.32 Å². The summed E-state index contributed by atoms with van der Waals surface area (Å²) in [5.74, 6) is 1.56. The second kappa shape index (κ2) is 9.29. The summed E-state index contributed by atoms with van der Waals surface area (Å²) in [5, 5.41) is 14.3. The van der Waals surface area contributed by atoms with Gasteiger partial charge in [0.15, 0.2) is 0 Å². The van der Waals surface area contributed by atoms with Gasteiger partial charge in [0.1, 0.15) is 11.9 Å². The van der Waals surface area contributed by atoms with Crippen LogP contribution in [-0.4, -0.2) is 74.8 Å². The molecule has 2 fully saturated rings. The first-order valence-corrected chi connectivity index (χ1v) is 11.8. The molecule has 1 aromatic heterocycles. The summed E-state index contributed by atoms with van der Waals surface area (Å²) in [6, 6.07) is 1.97. The van der Waals surface area contributed by atoms with Crippen molar-refractivity contribution in [3.8, 4) is 0 Å². The largest absolute Gasteiger partial charge is 0.388 e. The van der Waals surface area contributed by atoms with Gasteiger partial charge in [-0.15, -0.1) is 0 Å². The summed E-state index contributed by atoms with van der Waals surface area (Å²) < 4.78 is 6.15. The Balaban J connectivity index is 1.62. The van der Waals surface area contributed by atoms with Crippen LogP contribution in [-0.2, 0) is 16.1 Å². The minimum absolute atomic E-state index is 0.0294. The lowest BCUT2D eigenvalue weighted by molar-refractivity contribution is -0.208. The number of hydrogen-bond donors (Lipinski definition) is 2. The van der Waals surface area contributed by atoms with Crippen molar-refractivity contribution in [2.45, 2.75) is 69.7 Å². The Morgan fingerprint density at radius 1 is 1.41 bits per heavy atom. The zero-order valence-corrected chi connectivity index (χ0v) is 18.8. The van der Waals surface area contributed by atoms with Gasteiger partial charge in [-0.1, -0.05) is 13.8 Å². The van der Waals surface area contributed by atoms with E-state index in [4.69, 9.17) is 4.74 Å². The molecule has 3 rings (SSSR count). The lowest BCUT2D eigenvalue weighted by Crippen LogP contribution is -2.69. The van der Waals surface area contributed by atoms with Crippen LogP contribution in [0.3, 0.4) is 0 Å². The number of aliphatic hydroxyl groups is 1. The highest BCUT2D eigenvalue weighted by molar-refractivity contribution is 7.99. The number of rotatable bonds is 6. The maximum Gasteiger partial charge on any atom is 0.230 e. The Labute approximate surface area is 178 Å². The van der Waals surface area contributed by atoms with E-state index in [2.05, 4.69) is 34.0 Å². The van der Waals surface area contributed by atoms with Crippen LogP contribution in [0, 0.1) is 0 Å². The first kappa shape index (κ1) is 22.5. The van der Waals surface area contributed by atoms with Crippen LogP contribution in [0.1, 0.15) is 57.5 Å². The zero-order valence-electron chi connectivity index (χ0n) is 18.0. The van der Waals surface area contributed by atoms with Crippen molar-refractivity contribution in [2.24, 2.45) is 0 Å². The van der Waals surface area contributed by atoms with Gasteiger partial charge in [0.2, 0.25) is 5.91 Å². The van der Waals surface area contributed by atoms with Crippen LogP contribution in [0.4, 0.5) is 0 Å². The quantitative estimate of drug-likeness (QED) is 0.724. The van der Waals surface area contributed by atoms with Crippen molar-refractivity contribution in [3.63, 3.8) is 0 Å². The Kier molecular flexibility index (Phi) is 7.19. The van der Waals surface area contributed by atoms with E-state index in [1.54, 1.807) is 0 Å². The van der Waals surface area contributed by atoms with Gasteiger partial charge in [-0.05, 0) is 38.5 Å². The predicted octanol–water partition coefficient (Wildman–Crippen LogP) is 1.95. The maximum absolute atomic E-state index is 12.2. The molecule has 29 heavy (non-hydrogen) atoms. The molecule has 162 valence electrons. The second-order valence-corrected chi connectivity index (χ2v) is 9.67. The molecular formula is C21H34N4O3S. The summed E-state index contributed by atoms with van der Waals surface area (Å²) in [4.78, 5) is 23.5. The van der Waals surface area contributed by atoms with E-state index in [9.17, 15) is 9.90 Å².